The minimum atomic E-state index is -5.03. The number of hydrazone groups is 1. The highest BCUT2D eigenvalue weighted by Gasteiger charge is 2.63. The second-order valence-electron chi connectivity index (χ2n) is 8.28. The Kier molecular flexibility index (Phi) is 6.98. The molecular weight excluding hydrogens is 385 g/mol. The van der Waals surface area contributed by atoms with Crippen molar-refractivity contribution >= 4 is 11.6 Å². The lowest BCUT2D eigenvalue weighted by atomic mass is 9.99. The minimum absolute atomic E-state index is 0.111. The smallest absolute Gasteiger partial charge is 0.438 e. The summed E-state index contributed by atoms with van der Waals surface area (Å²) in [6.07, 6.45) is -4.86. The molecule has 29 heavy (non-hydrogen) atoms. The van der Waals surface area contributed by atoms with E-state index in [9.17, 15) is 23.1 Å². The quantitative estimate of drug-likeness (QED) is 0.699. The standard InChI is InChI=1S/C21H29F3N2O3/c1-13(2)6-8-16-11-20(28,21(22,23)24)26(25-16)19(27)12-29-18-10-15(5)7-9-17(18)14(3)4/h7,9-10,13-14,28H,6,8,11-12H2,1-5H3/t20-/m0/s1. The van der Waals surface area contributed by atoms with Crippen LogP contribution in [0.3, 0.4) is 0 Å². The Morgan fingerprint density at radius 3 is 2.52 bits per heavy atom. The predicted molar refractivity (Wildman–Crippen MR) is 105 cm³/mol. The van der Waals surface area contributed by atoms with Gasteiger partial charge in [-0.05, 0) is 48.8 Å². The molecule has 0 saturated carbocycles. The van der Waals surface area contributed by atoms with Gasteiger partial charge in [0.15, 0.2) is 6.61 Å². The number of rotatable bonds is 7. The van der Waals surface area contributed by atoms with E-state index >= 15 is 0 Å². The third kappa shape index (κ3) is 5.29. The van der Waals surface area contributed by atoms with Crippen molar-refractivity contribution in [1.29, 1.82) is 0 Å². The number of amides is 1. The third-order valence-corrected chi connectivity index (χ3v) is 4.89. The number of carbonyl (C=O) groups is 1. The zero-order valence-corrected chi connectivity index (χ0v) is 17.5. The van der Waals surface area contributed by atoms with Crippen LogP contribution in [0.4, 0.5) is 13.2 Å². The van der Waals surface area contributed by atoms with Crippen molar-refractivity contribution in [2.24, 2.45) is 11.0 Å². The van der Waals surface area contributed by atoms with Crippen molar-refractivity contribution < 1.29 is 27.8 Å². The van der Waals surface area contributed by atoms with Crippen LogP contribution in [0.25, 0.3) is 0 Å². The first-order chi connectivity index (χ1) is 13.3. The fourth-order valence-electron chi connectivity index (χ4n) is 3.14. The Bertz CT molecular complexity index is 775. The Labute approximate surface area is 169 Å². The summed E-state index contributed by atoms with van der Waals surface area (Å²) in [6, 6.07) is 5.50. The van der Waals surface area contributed by atoms with E-state index in [0.717, 1.165) is 11.1 Å². The summed E-state index contributed by atoms with van der Waals surface area (Å²) in [5, 5.41) is 14.3. The van der Waals surface area contributed by atoms with Crippen LogP contribution in [0.15, 0.2) is 23.3 Å². The summed E-state index contributed by atoms with van der Waals surface area (Å²) >= 11 is 0. The van der Waals surface area contributed by atoms with Crippen molar-refractivity contribution in [3.63, 3.8) is 0 Å². The van der Waals surface area contributed by atoms with Crippen molar-refractivity contribution in [2.75, 3.05) is 6.61 Å². The molecule has 1 N–H and O–H groups in total. The fraction of sp³-hybridized carbons (Fsp3) is 0.619. The van der Waals surface area contributed by atoms with Gasteiger partial charge in [0.05, 0.1) is 0 Å². The number of hydrogen-bond acceptors (Lipinski definition) is 4. The summed E-state index contributed by atoms with van der Waals surface area (Å²) in [6.45, 7) is 8.99. The molecule has 162 valence electrons. The van der Waals surface area contributed by atoms with Crippen LogP contribution in [0.5, 0.6) is 5.75 Å². The molecule has 0 radical (unpaired) electrons. The van der Waals surface area contributed by atoms with Gasteiger partial charge in [-0.25, -0.2) is 0 Å². The number of carbonyl (C=O) groups excluding carboxylic acids is 1. The van der Waals surface area contributed by atoms with Gasteiger partial charge in [-0.15, -0.1) is 0 Å². The van der Waals surface area contributed by atoms with Crippen LogP contribution in [0.1, 0.15) is 64.0 Å². The number of nitrogens with zero attached hydrogens (tertiary/aromatic N) is 2. The normalized spacial score (nSPS) is 19.8. The summed E-state index contributed by atoms with van der Waals surface area (Å²) in [5.41, 5.74) is -1.44. The number of ether oxygens (including phenoxy) is 1. The van der Waals surface area contributed by atoms with Crippen molar-refractivity contribution in [1.82, 2.24) is 5.01 Å². The number of hydrogen-bond donors (Lipinski definition) is 1. The Balaban J connectivity index is 2.21. The van der Waals surface area contributed by atoms with Gasteiger partial charge < -0.3 is 9.84 Å². The van der Waals surface area contributed by atoms with Gasteiger partial charge >= 0.3 is 6.18 Å². The lowest BCUT2D eigenvalue weighted by molar-refractivity contribution is -0.302. The molecular formula is C21H29F3N2O3. The highest BCUT2D eigenvalue weighted by atomic mass is 19.4. The molecule has 0 unspecified atom stereocenters. The van der Waals surface area contributed by atoms with Crippen LogP contribution >= 0.6 is 0 Å². The Morgan fingerprint density at radius 2 is 1.97 bits per heavy atom. The molecule has 1 amide bonds. The van der Waals surface area contributed by atoms with Gasteiger partial charge in [-0.3, -0.25) is 4.79 Å². The Hall–Kier alpha value is -2.09. The molecule has 0 fully saturated rings. The SMILES string of the molecule is Cc1ccc(C(C)C)c(OCC(=O)N2N=C(CCC(C)C)C[C@]2(O)C(F)(F)F)c1. The number of aliphatic hydroxyl groups is 1. The van der Waals surface area contributed by atoms with E-state index < -0.39 is 30.8 Å². The second-order valence-corrected chi connectivity index (χ2v) is 8.28. The van der Waals surface area contributed by atoms with E-state index in [1.54, 1.807) is 6.07 Å². The maximum atomic E-state index is 13.6. The molecule has 1 heterocycles. The predicted octanol–water partition coefficient (Wildman–Crippen LogP) is 4.77. The monoisotopic (exact) mass is 414 g/mol. The number of aryl methyl sites for hydroxylation is 1. The van der Waals surface area contributed by atoms with Crippen molar-refractivity contribution in [3.8, 4) is 5.75 Å². The molecule has 0 aliphatic carbocycles. The molecule has 2 rings (SSSR count). The van der Waals surface area contributed by atoms with E-state index in [2.05, 4.69) is 5.10 Å². The van der Waals surface area contributed by atoms with E-state index in [4.69, 9.17) is 4.74 Å². The highest BCUT2D eigenvalue weighted by Crippen LogP contribution is 2.41. The number of halogens is 3. The van der Waals surface area contributed by atoms with E-state index in [0.29, 0.717) is 12.2 Å². The molecule has 1 atom stereocenters. The lowest BCUT2D eigenvalue weighted by Crippen LogP contribution is -2.57. The molecule has 1 aromatic rings. The first-order valence-electron chi connectivity index (χ1n) is 9.77. The number of alkyl halides is 3. The first kappa shape index (κ1) is 23.2. The fourth-order valence-corrected chi connectivity index (χ4v) is 3.14. The molecule has 0 spiro atoms. The number of benzene rings is 1. The summed E-state index contributed by atoms with van der Waals surface area (Å²) in [5.74, 6) is -0.228. The van der Waals surface area contributed by atoms with Gasteiger partial charge in [0.25, 0.3) is 11.6 Å². The maximum absolute atomic E-state index is 13.6. The van der Waals surface area contributed by atoms with E-state index in [-0.39, 0.29) is 29.0 Å². The Morgan fingerprint density at radius 1 is 1.31 bits per heavy atom. The summed E-state index contributed by atoms with van der Waals surface area (Å²) in [4.78, 5) is 12.6. The van der Waals surface area contributed by atoms with Gasteiger partial charge in [-0.2, -0.15) is 23.3 Å². The summed E-state index contributed by atoms with van der Waals surface area (Å²) in [7, 11) is 0. The van der Waals surface area contributed by atoms with E-state index in [1.165, 1.54) is 0 Å². The zero-order chi connectivity index (χ0) is 22.0. The van der Waals surface area contributed by atoms with Gasteiger partial charge in [0.2, 0.25) is 0 Å². The molecule has 1 aromatic carbocycles. The van der Waals surface area contributed by atoms with Gasteiger partial charge in [-0.1, -0.05) is 39.8 Å². The molecule has 5 nitrogen and oxygen atoms in total. The van der Waals surface area contributed by atoms with Crippen molar-refractivity contribution in [2.45, 2.75) is 71.7 Å². The van der Waals surface area contributed by atoms with Crippen LogP contribution in [-0.2, 0) is 4.79 Å². The molecule has 1 aliphatic rings. The van der Waals surface area contributed by atoms with Gasteiger partial charge in [0.1, 0.15) is 5.75 Å². The highest BCUT2D eigenvalue weighted by molar-refractivity contribution is 5.91. The molecule has 1 aliphatic heterocycles. The average molecular weight is 414 g/mol. The van der Waals surface area contributed by atoms with Gasteiger partial charge in [0, 0.05) is 12.1 Å². The van der Waals surface area contributed by atoms with Crippen LogP contribution in [0, 0.1) is 12.8 Å². The molecule has 8 heteroatoms. The largest absolute Gasteiger partial charge is 0.483 e. The summed E-state index contributed by atoms with van der Waals surface area (Å²) < 4.78 is 46.2. The average Bonchev–Trinajstić information content (AvgIpc) is 2.95. The topological polar surface area (TPSA) is 62.1 Å². The van der Waals surface area contributed by atoms with Crippen LogP contribution in [-0.4, -0.2) is 40.2 Å². The second kappa shape index (κ2) is 8.73. The zero-order valence-electron chi connectivity index (χ0n) is 17.5. The van der Waals surface area contributed by atoms with Crippen molar-refractivity contribution in [3.05, 3.63) is 29.3 Å². The molecule has 0 bridgehead atoms. The van der Waals surface area contributed by atoms with E-state index in [1.807, 2.05) is 46.8 Å². The minimum Gasteiger partial charge on any atom is -0.483 e. The van der Waals surface area contributed by atoms with Crippen LogP contribution in [0.2, 0.25) is 0 Å². The first-order valence-corrected chi connectivity index (χ1v) is 9.77. The lowest BCUT2D eigenvalue weighted by Gasteiger charge is -2.32. The molecule has 0 saturated heterocycles. The third-order valence-electron chi connectivity index (χ3n) is 4.89. The maximum Gasteiger partial charge on any atom is 0.438 e. The van der Waals surface area contributed by atoms with Crippen LogP contribution < -0.4 is 4.74 Å². The molecule has 0 aromatic heterocycles.